The number of benzene rings is 2. The van der Waals surface area contributed by atoms with Crippen molar-refractivity contribution in [3.63, 3.8) is 0 Å². The number of para-hydroxylation sites is 1. The molecule has 0 bridgehead atoms. The zero-order valence-corrected chi connectivity index (χ0v) is 15.7. The minimum absolute atomic E-state index is 0.0414. The van der Waals surface area contributed by atoms with E-state index in [1.807, 2.05) is 30.0 Å². The summed E-state index contributed by atoms with van der Waals surface area (Å²) in [5.41, 5.74) is 9.20. The molecule has 138 valence electrons. The second-order valence-corrected chi connectivity index (χ2v) is 6.83. The van der Waals surface area contributed by atoms with Gasteiger partial charge in [0.1, 0.15) is 5.75 Å². The molecule has 0 spiro atoms. The summed E-state index contributed by atoms with van der Waals surface area (Å²) in [4.78, 5) is 17.5. The van der Waals surface area contributed by atoms with Crippen molar-refractivity contribution in [2.45, 2.75) is 25.8 Å². The molecule has 2 aromatic rings. The first-order chi connectivity index (χ1) is 12.5. The van der Waals surface area contributed by atoms with Gasteiger partial charge < -0.3 is 20.3 Å². The monoisotopic (exact) mass is 353 g/mol. The molecule has 0 aromatic heterocycles. The fourth-order valence-corrected chi connectivity index (χ4v) is 3.62. The Bertz CT molecular complexity index is 789. The van der Waals surface area contributed by atoms with Gasteiger partial charge in [-0.2, -0.15) is 0 Å². The van der Waals surface area contributed by atoms with Crippen molar-refractivity contribution in [2.75, 3.05) is 37.9 Å². The van der Waals surface area contributed by atoms with Gasteiger partial charge in [-0.3, -0.25) is 4.79 Å². The molecule has 1 aliphatic rings. The molecule has 1 aliphatic heterocycles. The molecule has 3 rings (SSSR count). The van der Waals surface area contributed by atoms with Crippen LogP contribution in [0.1, 0.15) is 41.7 Å². The fraction of sp³-hybridized carbons (Fsp3) is 0.381. The van der Waals surface area contributed by atoms with Crippen molar-refractivity contribution >= 4 is 17.3 Å². The van der Waals surface area contributed by atoms with Crippen LogP contribution in [0.3, 0.4) is 0 Å². The van der Waals surface area contributed by atoms with Crippen LogP contribution in [0.5, 0.6) is 5.75 Å². The highest BCUT2D eigenvalue weighted by atomic mass is 16.5. The van der Waals surface area contributed by atoms with E-state index >= 15 is 0 Å². The van der Waals surface area contributed by atoms with Gasteiger partial charge in [-0.25, -0.2) is 0 Å². The standard InChI is InChI=1S/C21H27N3O2/c1-4-26-20-14-15(22)11-12-17(20)21(25)24-13-7-10-18(23(2)3)16-8-5-6-9-19(16)24/h5-6,8-9,11-12,14,18H,4,7,10,13,22H2,1-3H3. The van der Waals surface area contributed by atoms with Crippen LogP contribution in [0.2, 0.25) is 0 Å². The molecule has 26 heavy (non-hydrogen) atoms. The Hall–Kier alpha value is -2.53. The largest absolute Gasteiger partial charge is 0.493 e. The van der Waals surface area contributed by atoms with Gasteiger partial charge in [-0.15, -0.1) is 0 Å². The average Bonchev–Trinajstić information content (AvgIpc) is 2.81. The molecule has 1 atom stereocenters. The van der Waals surface area contributed by atoms with Crippen molar-refractivity contribution in [3.8, 4) is 5.75 Å². The van der Waals surface area contributed by atoms with Gasteiger partial charge in [-0.1, -0.05) is 18.2 Å². The quantitative estimate of drug-likeness (QED) is 0.851. The predicted molar refractivity (Wildman–Crippen MR) is 106 cm³/mol. The smallest absolute Gasteiger partial charge is 0.262 e. The van der Waals surface area contributed by atoms with Gasteiger partial charge >= 0.3 is 0 Å². The van der Waals surface area contributed by atoms with Crippen LogP contribution >= 0.6 is 0 Å². The lowest BCUT2D eigenvalue weighted by Gasteiger charge is -2.27. The normalized spacial score (nSPS) is 16.9. The highest BCUT2D eigenvalue weighted by Crippen LogP contribution is 2.37. The number of nitrogens with two attached hydrogens (primary N) is 1. The third-order valence-corrected chi connectivity index (χ3v) is 4.85. The number of ether oxygens (including phenoxy) is 1. The lowest BCUT2D eigenvalue weighted by Crippen LogP contribution is -2.32. The summed E-state index contributed by atoms with van der Waals surface area (Å²) in [6.07, 6.45) is 1.97. The van der Waals surface area contributed by atoms with E-state index in [-0.39, 0.29) is 5.91 Å². The predicted octanol–water partition coefficient (Wildman–Crippen LogP) is 3.71. The summed E-state index contributed by atoms with van der Waals surface area (Å²) in [6.45, 7) is 3.08. The number of anilines is 2. The molecule has 0 fully saturated rings. The van der Waals surface area contributed by atoms with Crippen molar-refractivity contribution in [3.05, 3.63) is 53.6 Å². The number of rotatable bonds is 4. The lowest BCUT2D eigenvalue weighted by molar-refractivity contribution is 0.0983. The van der Waals surface area contributed by atoms with E-state index in [2.05, 4.69) is 25.1 Å². The molecule has 1 amide bonds. The maximum absolute atomic E-state index is 13.4. The highest BCUT2D eigenvalue weighted by molar-refractivity contribution is 6.08. The van der Waals surface area contributed by atoms with Gasteiger partial charge in [0.2, 0.25) is 0 Å². The number of nitrogens with zero attached hydrogens (tertiary/aromatic N) is 2. The van der Waals surface area contributed by atoms with E-state index in [0.717, 1.165) is 18.5 Å². The molecule has 2 aromatic carbocycles. The second kappa shape index (κ2) is 7.79. The van der Waals surface area contributed by atoms with Gasteiger partial charge in [0, 0.05) is 30.0 Å². The topological polar surface area (TPSA) is 58.8 Å². The number of nitrogen functional groups attached to an aromatic ring is 1. The summed E-state index contributed by atoms with van der Waals surface area (Å²) in [6, 6.07) is 13.7. The fourth-order valence-electron chi connectivity index (χ4n) is 3.62. The molecule has 0 saturated heterocycles. The van der Waals surface area contributed by atoms with Gasteiger partial charge in [-0.05, 0) is 57.6 Å². The molecule has 0 aliphatic carbocycles. The Morgan fingerprint density at radius 3 is 2.77 bits per heavy atom. The Labute approximate surface area is 155 Å². The second-order valence-electron chi connectivity index (χ2n) is 6.83. The number of amides is 1. The molecular formula is C21H27N3O2. The summed E-state index contributed by atoms with van der Waals surface area (Å²) >= 11 is 0. The van der Waals surface area contributed by atoms with Crippen molar-refractivity contribution in [2.24, 2.45) is 0 Å². The average molecular weight is 353 g/mol. The number of fused-ring (bicyclic) bond motifs is 1. The van der Waals surface area contributed by atoms with Crippen LogP contribution in [-0.2, 0) is 0 Å². The number of carbonyl (C=O) groups excluding carboxylic acids is 1. The molecular weight excluding hydrogens is 326 g/mol. The number of hydrogen-bond donors (Lipinski definition) is 1. The van der Waals surface area contributed by atoms with E-state index in [1.54, 1.807) is 18.2 Å². The molecule has 5 heteroatoms. The molecule has 0 radical (unpaired) electrons. The first-order valence-electron chi connectivity index (χ1n) is 9.12. The molecule has 0 saturated carbocycles. The zero-order valence-electron chi connectivity index (χ0n) is 15.7. The number of carbonyl (C=O) groups is 1. The Morgan fingerprint density at radius 2 is 2.04 bits per heavy atom. The summed E-state index contributed by atoms with van der Waals surface area (Å²) < 4.78 is 5.67. The summed E-state index contributed by atoms with van der Waals surface area (Å²) in [7, 11) is 4.18. The maximum atomic E-state index is 13.4. The van der Waals surface area contributed by atoms with Gasteiger partial charge in [0.15, 0.2) is 0 Å². The zero-order chi connectivity index (χ0) is 18.7. The first-order valence-corrected chi connectivity index (χ1v) is 9.12. The minimum atomic E-state index is -0.0414. The Morgan fingerprint density at radius 1 is 1.27 bits per heavy atom. The van der Waals surface area contributed by atoms with E-state index in [9.17, 15) is 4.79 Å². The maximum Gasteiger partial charge on any atom is 0.262 e. The molecule has 2 N–H and O–H groups in total. The van der Waals surface area contributed by atoms with Crippen LogP contribution in [0.25, 0.3) is 0 Å². The van der Waals surface area contributed by atoms with Crippen LogP contribution < -0.4 is 15.4 Å². The lowest BCUT2D eigenvalue weighted by atomic mass is 10.0. The van der Waals surface area contributed by atoms with Gasteiger partial charge in [0.05, 0.1) is 12.2 Å². The summed E-state index contributed by atoms with van der Waals surface area (Å²) in [5.74, 6) is 0.503. The molecule has 1 unspecified atom stereocenters. The van der Waals surface area contributed by atoms with Crippen LogP contribution in [0.15, 0.2) is 42.5 Å². The Balaban J connectivity index is 2.03. The molecule has 5 nitrogen and oxygen atoms in total. The highest BCUT2D eigenvalue weighted by Gasteiger charge is 2.29. The first kappa shape index (κ1) is 18.3. The van der Waals surface area contributed by atoms with E-state index in [1.165, 1.54) is 5.56 Å². The summed E-state index contributed by atoms with van der Waals surface area (Å²) in [5, 5.41) is 0. The van der Waals surface area contributed by atoms with Crippen molar-refractivity contribution in [1.82, 2.24) is 4.90 Å². The molecule has 1 heterocycles. The SMILES string of the molecule is CCOc1cc(N)ccc1C(=O)N1CCCC(N(C)C)c2ccccc21. The van der Waals surface area contributed by atoms with Crippen molar-refractivity contribution in [1.29, 1.82) is 0 Å². The van der Waals surface area contributed by atoms with E-state index < -0.39 is 0 Å². The van der Waals surface area contributed by atoms with Crippen LogP contribution in [-0.4, -0.2) is 38.1 Å². The number of hydrogen-bond acceptors (Lipinski definition) is 4. The van der Waals surface area contributed by atoms with E-state index in [4.69, 9.17) is 10.5 Å². The van der Waals surface area contributed by atoms with E-state index in [0.29, 0.717) is 36.2 Å². The van der Waals surface area contributed by atoms with Crippen molar-refractivity contribution < 1.29 is 9.53 Å². The minimum Gasteiger partial charge on any atom is -0.493 e. The Kier molecular flexibility index (Phi) is 5.47. The third kappa shape index (κ3) is 3.53. The van der Waals surface area contributed by atoms with Crippen LogP contribution in [0, 0.1) is 0 Å². The van der Waals surface area contributed by atoms with Crippen LogP contribution in [0.4, 0.5) is 11.4 Å². The van der Waals surface area contributed by atoms with Gasteiger partial charge in [0.25, 0.3) is 5.91 Å². The third-order valence-electron chi connectivity index (χ3n) is 4.85.